The summed E-state index contributed by atoms with van der Waals surface area (Å²) >= 11 is 0.0556. The normalized spacial score (nSPS) is 0.750. The summed E-state index contributed by atoms with van der Waals surface area (Å²) in [5.74, 6) is 0. The zero-order valence-electron chi connectivity index (χ0n) is 1.76. The number of hydrogen-bond donors (Lipinski definition) is 0. The Morgan fingerprint density at radius 1 is 1.25 bits per heavy atom. The van der Waals surface area contributed by atoms with Crippen molar-refractivity contribution in [2.45, 2.75) is 0 Å². The summed E-state index contributed by atoms with van der Waals surface area (Å²) in [5.41, 5.74) is 0. The predicted octanol–water partition coefficient (Wildman–Crippen LogP) is -0.944. The van der Waals surface area contributed by atoms with Crippen molar-refractivity contribution < 1.29 is 86.1 Å². The van der Waals surface area contributed by atoms with Crippen LogP contribution >= 0.6 is 0 Å². The van der Waals surface area contributed by atoms with Gasteiger partial charge in [-0.15, -0.1) is 0 Å². The Morgan fingerprint density at radius 3 is 1.25 bits per heavy atom. The van der Waals surface area contributed by atoms with Crippen LogP contribution in [0.15, 0.2) is 0 Å². The van der Waals surface area contributed by atoms with Gasteiger partial charge in [0.05, 0.1) is 0 Å². The van der Waals surface area contributed by atoms with E-state index < -0.39 is 0 Å². The quantitative estimate of drug-likeness (QED) is 0.565. The Hall–Kier alpha value is 2.46. The first-order valence-corrected chi connectivity index (χ1v) is 1.49. The van der Waals surface area contributed by atoms with Gasteiger partial charge >= 0.3 is 40.7 Å². The van der Waals surface area contributed by atoms with Gasteiger partial charge in [0.2, 0.25) is 0 Å². The van der Waals surface area contributed by atoms with Crippen LogP contribution in [0.2, 0.25) is 0 Å². The molecule has 0 spiro atoms. The van der Waals surface area contributed by atoms with E-state index in [0.717, 1.165) is 0 Å². The van der Waals surface area contributed by atoms with E-state index in [1.165, 1.54) is 0 Å². The second-order valence-corrected chi connectivity index (χ2v) is 0. The summed E-state index contributed by atoms with van der Waals surface area (Å²) in [6, 6.07) is 0. The molecule has 0 atom stereocenters. The molecular weight excluding hydrogens is 329 g/mol. The molecule has 0 aliphatic heterocycles. The third-order valence-corrected chi connectivity index (χ3v) is 0. The number of rotatable bonds is 0. The average molecular weight is 331 g/mol. The van der Waals surface area contributed by atoms with Gasteiger partial charge in [-0.2, -0.15) is 0 Å². The molecule has 0 amide bonds. The molecule has 0 aromatic heterocycles. The molecule has 0 rings (SSSR count). The van der Waals surface area contributed by atoms with E-state index in [9.17, 15) is 0 Å². The molecule has 2 N–H and O–H groups in total. The molecule has 0 aromatic carbocycles. The second-order valence-electron chi connectivity index (χ2n) is 0. The van der Waals surface area contributed by atoms with Crippen LogP contribution in [0, 0.1) is 79.7 Å². The van der Waals surface area contributed by atoms with Crippen LogP contribution in [0.25, 0.3) is 0 Å². The summed E-state index contributed by atoms with van der Waals surface area (Å²) in [5, 5.41) is 0. The molecule has 0 unspecified atom stereocenters. The van der Waals surface area contributed by atoms with Gasteiger partial charge < -0.3 is 5.48 Å². The molecule has 0 bridgehead atoms. The standard InChI is InChI=1S/Ce.Gd.H2O.O/h;;1H2;. The Morgan fingerprint density at radius 2 is 1.25 bits per heavy atom. The Labute approximate surface area is 83.9 Å². The molecule has 0 radical (unpaired) electrons. The molecule has 0 fully saturated rings. The molecule has 26 valence electrons. The van der Waals surface area contributed by atoms with Crippen LogP contribution < -0.4 is 0 Å². The molecule has 0 aliphatic carbocycles. The molecule has 0 saturated carbocycles. The monoisotopic (exact) mass is 332 g/mol. The fourth-order valence-electron chi connectivity index (χ4n) is 0. The van der Waals surface area contributed by atoms with Gasteiger partial charge in [-0.05, 0) is 0 Å². The van der Waals surface area contributed by atoms with E-state index >= 15 is 0 Å². The van der Waals surface area contributed by atoms with Gasteiger partial charge in [-0.3, -0.25) is 0 Å². The molecule has 4 heteroatoms. The Kier molecular flexibility index (Phi) is 72.2. The number of hydrogen-bond acceptors (Lipinski definition) is 1. The SMILES string of the molecule is O.[Gd].[O]=[Ce]. The van der Waals surface area contributed by atoms with Crippen LogP contribution in [0.5, 0.6) is 0 Å². The first kappa shape index (κ1) is 16.1. The minimum absolute atomic E-state index is 0. The maximum atomic E-state index is 8.39. The Balaban J connectivity index is -0.00000000500. The predicted molar refractivity (Wildman–Crippen MR) is 4.30 cm³/mol. The Bertz CT molecular complexity index is 6.00. The summed E-state index contributed by atoms with van der Waals surface area (Å²) in [6.45, 7) is 0. The van der Waals surface area contributed by atoms with Crippen molar-refractivity contribution >= 4 is 0 Å². The molecule has 4 heavy (non-hydrogen) atoms. The van der Waals surface area contributed by atoms with Crippen LogP contribution in [-0.4, -0.2) is 5.48 Å². The summed E-state index contributed by atoms with van der Waals surface area (Å²) < 4.78 is 8.39. The zero-order chi connectivity index (χ0) is 2.00. The van der Waals surface area contributed by atoms with Crippen molar-refractivity contribution in [3.8, 4) is 0 Å². The minimum atomic E-state index is 0. The average Bonchev–Trinajstić information content (AvgIpc) is 1.00. The van der Waals surface area contributed by atoms with E-state index in [1.807, 2.05) is 0 Å². The fourth-order valence-corrected chi connectivity index (χ4v) is 0. The molecule has 0 saturated heterocycles. The van der Waals surface area contributed by atoms with Crippen molar-refractivity contribution in [3.63, 3.8) is 0 Å². The van der Waals surface area contributed by atoms with Crippen LogP contribution in [-0.2, 0) is 0.938 Å². The van der Waals surface area contributed by atoms with Gasteiger partial charge in [0, 0.05) is 39.9 Å². The van der Waals surface area contributed by atoms with E-state index in [1.54, 1.807) is 0 Å². The van der Waals surface area contributed by atoms with Crippen LogP contribution in [0.3, 0.4) is 0 Å². The maximum absolute atomic E-state index is 8.39. The van der Waals surface area contributed by atoms with E-state index in [2.05, 4.69) is 0 Å². The van der Waals surface area contributed by atoms with Gasteiger partial charge in [0.15, 0.2) is 0 Å². The topological polar surface area (TPSA) is 48.6 Å². The van der Waals surface area contributed by atoms with Gasteiger partial charge in [0.25, 0.3) is 0 Å². The summed E-state index contributed by atoms with van der Waals surface area (Å²) in [7, 11) is 0. The first-order valence-electron chi connectivity index (χ1n) is 0.204. The molecule has 0 aliphatic rings. The van der Waals surface area contributed by atoms with Crippen molar-refractivity contribution in [3.05, 3.63) is 0 Å². The summed E-state index contributed by atoms with van der Waals surface area (Å²) in [4.78, 5) is 0. The molecule has 0 heterocycles. The van der Waals surface area contributed by atoms with E-state index in [0.29, 0.717) is 0 Å². The zero-order valence-corrected chi connectivity index (χ0v) is 7.17. The third-order valence-electron chi connectivity index (χ3n) is 0. The van der Waals surface area contributed by atoms with Crippen LogP contribution in [0.1, 0.15) is 0 Å². The first-order chi connectivity index (χ1) is 1.00. The van der Waals surface area contributed by atoms with Crippen molar-refractivity contribution in [1.82, 2.24) is 0 Å². The molecule has 0 aromatic rings. The third kappa shape index (κ3) is 8.82. The summed E-state index contributed by atoms with van der Waals surface area (Å²) in [6.07, 6.45) is 0. The fraction of sp³-hybridized carbons (Fsp3) is 0. The molecule has 2 nitrogen and oxygen atoms in total. The van der Waals surface area contributed by atoms with E-state index in [-0.39, 0.29) is 85.2 Å². The van der Waals surface area contributed by atoms with Gasteiger partial charge in [0.1, 0.15) is 0 Å². The van der Waals surface area contributed by atoms with Gasteiger partial charge in [-0.25, -0.2) is 0 Å². The molecular formula is H2CeGdO2. The van der Waals surface area contributed by atoms with Crippen molar-refractivity contribution in [2.75, 3.05) is 0 Å². The van der Waals surface area contributed by atoms with Crippen molar-refractivity contribution in [1.29, 1.82) is 0 Å². The van der Waals surface area contributed by atoms with Crippen LogP contribution in [0.4, 0.5) is 0 Å². The second kappa shape index (κ2) is 17.9. The van der Waals surface area contributed by atoms with Gasteiger partial charge in [-0.1, -0.05) is 0 Å². The van der Waals surface area contributed by atoms with Crippen molar-refractivity contribution in [2.24, 2.45) is 0 Å². The van der Waals surface area contributed by atoms with E-state index in [4.69, 9.17) is 0.938 Å².